The van der Waals surface area contributed by atoms with Crippen LogP contribution in [0.5, 0.6) is 0 Å². The average Bonchev–Trinajstić information content (AvgIpc) is 2.85. The summed E-state index contributed by atoms with van der Waals surface area (Å²) in [6, 6.07) is 4.54. The number of rotatable bonds is 3. The third-order valence-electron chi connectivity index (χ3n) is 3.17. The Bertz CT molecular complexity index is 490. The van der Waals surface area contributed by atoms with E-state index in [9.17, 15) is 9.59 Å². The van der Waals surface area contributed by atoms with Gasteiger partial charge in [0.2, 0.25) is 0 Å². The van der Waals surface area contributed by atoms with E-state index in [1.54, 1.807) is 0 Å². The third-order valence-corrected chi connectivity index (χ3v) is 3.17. The van der Waals surface area contributed by atoms with Gasteiger partial charge in [-0.2, -0.15) is 0 Å². The number of carbonyl (C=O) groups is 2. The number of urea groups is 1. The number of aliphatic carboxylic acids is 1. The molecule has 2 N–H and O–H groups in total. The van der Waals surface area contributed by atoms with Crippen molar-refractivity contribution in [2.45, 2.75) is 32.4 Å². The minimum absolute atomic E-state index is 0.309. The second kappa shape index (κ2) is 5.69. The number of aromatic nitrogens is 1. The Morgan fingerprint density at radius 3 is 3.00 bits per heavy atom. The maximum atomic E-state index is 11.9. The number of hydrogen-bond donors (Lipinski definition) is 2. The summed E-state index contributed by atoms with van der Waals surface area (Å²) >= 11 is 0. The van der Waals surface area contributed by atoms with Crippen molar-refractivity contribution in [3.63, 3.8) is 0 Å². The first-order valence-electron chi connectivity index (χ1n) is 6.28. The van der Waals surface area contributed by atoms with E-state index in [1.807, 2.05) is 25.1 Å². The van der Waals surface area contributed by atoms with Gasteiger partial charge < -0.3 is 15.3 Å². The molecule has 1 saturated heterocycles. The van der Waals surface area contributed by atoms with E-state index in [-0.39, 0.29) is 6.03 Å². The topological polar surface area (TPSA) is 82.5 Å². The molecular formula is C13H17N3O3. The Labute approximate surface area is 111 Å². The zero-order chi connectivity index (χ0) is 13.8. The summed E-state index contributed by atoms with van der Waals surface area (Å²) in [5, 5.41) is 11.7. The smallest absolute Gasteiger partial charge is 0.326 e. The minimum Gasteiger partial charge on any atom is -0.480 e. The van der Waals surface area contributed by atoms with Crippen LogP contribution in [0, 0.1) is 6.92 Å². The van der Waals surface area contributed by atoms with Gasteiger partial charge in [0.1, 0.15) is 6.04 Å². The molecule has 0 bridgehead atoms. The van der Waals surface area contributed by atoms with Crippen molar-refractivity contribution < 1.29 is 14.7 Å². The van der Waals surface area contributed by atoms with Crippen LogP contribution in [0.4, 0.5) is 4.79 Å². The molecule has 0 saturated carbocycles. The summed E-state index contributed by atoms with van der Waals surface area (Å²) in [6.45, 7) is 2.68. The maximum Gasteiger partial charge on any atom is 0.326 e. The lowest BCUT2D eigenvalue weighted by molar-refractivity contribution is -0.141. The zero-order valence-electron chi connectivity index (χ0n) is 10.8. The van der Waals surface area contributed by atoms with Gasteiger partial charge in [0.15, 0.2) is 0 Å². The highest BCUT2D eigenvalue weighted by atomic mass is 16.4. The average molecular weight is 263 g/mol. The summed E-state index contributed by atoms with van der Waals surface area (Å²) in [4.78, 5) is 28.6. The summed E-state index contributed by atoms with van der Waals surface area (Å²) in [7, 11) is 0. The first kappa shape index (κ1) is 13.3. The maximum absolute atomic E-state index is 11.9. The number of carboxylic acids is 1. The second-order valence-corrected chi connectivity index (χ2v) is 4.62. The largest absolute Gasteiger partial charge is 0.480 e. The predicted octanol–water partition coefficient (Wildman–Crippen LogP) is 1.15. The lowest BCUT2D eigenvalue weighted by Gasteiger charge is -2.21. The third kappa shape index (κ3) is 3.21. The molecule has 1 aromatic heterocycles. The molecule has 2 amide bonds. The van der Waals surface area contributed by atoms with E-state index in [4.69, 9.17) is 5.11 Å². The molecule has 0 aromatic carbocycles. The monoisotopic (exact) mass is 263 g/mol. The Morgan fingerprint density at radius 1 is 1.53 bits per heavy atom. The highest BCUT2D eigenvalue weighted by Crippen LogP contribution is 2.17. The van der Waals surface area contributed by atoms with Crippen molar-refractivity contribution in [3.8, 4) is 0 Å². The summed E-state index contributed by atoms with van der Waals surface area (Å²) in [5.74, 6) is -0.943. The highest BCUT2D eigenvalue weighted by molar-refractivity contribution is 5.83. The number of pyridine rings is 1. The van der Waals surface area contributed by atoms with Crippen molar-refractivity contribution in [3.05, 3.63) is 29.6 Å². The Morgan fingerprint density at radius 2 is 2.32 bits per heavy atom. The molecule has 6 heteroatoms. The van der Waals surface area contributed by atoms with Crippen molar-refractivity contribution in [1.29, 1.82) is 0 Å². The van der Waals surface area contributed by atoms with Crippen molar-refractivity contribution in [2.75, 3.05) is 6.54 Å². The Hall–Kier alpha value is -2.11. The summed E-state index contributed by atoms with van der Waals surface area (Å²) in [5.41, 5.74) is 1.65. The van der Waals surface area contributed by atoms with E-state index >= 15 is 0 Å². The van der Waals surface area contributed by atoms with Crippen molar-refractivity contribution in [1.82, 2.24) is 15.2 Å². The molecule has 0 radical (unpaired) electrons. The molecule has 1 aliphatic heterocycles. The van der Waals surface area contributed by atoms with Crippen LogP contribution in [0.15, 0.2) is 18.2 Å². The molecule has 0 aliphatic carbocycles. The van der Waals surface area contributed by atoms with Gasteiger partial charge in [-0.1, -0.05) is 6.07 Å². The van der Waals surface area contributed by atoms with Gasteiger partial charge in [-0.3, -0.25) is 4.98 Å². The SMILES string of the molecule is Cc1cccc(CNC(=O)N2CCC[C@@H]2C(=O)O)n1. The summed E-state index contributed by atoms with van der Waals surface area (Å²) in [6.07, 6.45) is 1.25. The molecule has 2 rings (SSSR count). The number of carboxylic acid groups (broad SMARTS) is 1. The van der Waals surface area contributed by atoms with Gasteiger partial charge in [0.05, 0.1) is 12.2 Å². The van der Waals surface area contributed by atoms with E-state index in [0.29, 0.717) is 19.5 Å². The van der Waals surface area contributed by atoms with Crippen LogP contribution < -0.4 is 5.32 Å². The fourth-order valence-electron chi connectivity index (χ4n) is 2.23. The lowest BCUT2D eigenvalue weighted by Crippen LogP contribution is -2.45. The fraction of sp³-hybridized carbons (Fsp3) is 0.462. The molecule has 102 valence electrons. The number of likely N-dealkylation sites (tertiary alicyclic amines) is 1. The molecule has 0 spiro atoms. The van der Waals surface area contributed by atoms with E-state index in [2.05, 4.69) is 10.3 Å². The molecule has 1 aliphatic rings. The van der Waals surface area contributed by atoms with Crippen LogP contribution in [0.2, 0.25) is 0 Å². The zero-order valence-corrected chi connectivity index (χ0v) is 10.8. The molecule has 0 unspecified atom stereocenters. The number of carbonyl (C=O) groups excluding carboxylic acids is 1. The van der Waals surface area contributed by atoms with Crippen LogP contribution in [0.3, 0.4) is 0 Å². The van der Waals surface area contributed by atoms with Gasteiger partial charge in [-0.05, 0) is 31.9 Å². The van der Waals surface area contributed by atoms with E-state index in [1.165, 1.54) is 4.90 Å². The molecule has 1 atom stereocenters. The van der Waals surface area contributed by atoms with Crippen LogP contribution in [-0.2, 0) is 11.3 Å². The van der Waals surface area contributed by atoms with Gasteiger partial charge in [0.25, 0.3) is 0 Å². The second-order valence-electron chi connectivity index (χ2n) is 4.62. The van der Waals surface area contributed by atoms with Gasteiger partial charge in [0, 0.05) is 12.2 Å². The number of amides is 2. The standard InChI is InChI=1S/C13H17N3O3/c1-9-4-2-5-10(15-9)8-14-13(19)16-7-3-6-11(16)12(17)18/h2,4-5,11H,3,6-8H2,1H3,(H,14,19)(H,17,18)/t11-/m1/s1. The quantitative estimate of drug-likeness (QED) is 0.857. The molecule has 19 heavy (non-hydrogen) atoms. The van der Waals surface area contributed by atoms with Gasteiger partial charge >= 0.3 is 12.0 Å². The van der Waals surface area contributed by atoms with Gasteiger partial charge in [-0.25, -0.2) is 9.59 Å². The Kier molecular flexibility index (Phi) is 3.99. The molecule has 1 aromatic rings. The van der Waals surface area contributed by atoms with E-state index < -0.39 is 12.0 Å². The normalized spacial score (nSPS) is 18.4. The van der Waals surface area contributed by atoms with Crippen LogP contribution in [0.1, 0.15) is 24.2 Å². The predicted molar refractivity (Wildman–Crippen MR) is 68.6 cm³/mol. The Balaban J connectivity index is 1.92. The van der Waals surface area contributed by atoms with Crippen molar-refractivity contribution in [2.24, 2.45) is 0 Å². The molecule has 6 nitrogen and oxygen atoms in total. The minimum atomic E-state index is -0.943. The number of aryl methyl sites for hydroxylation is 1. The van der Waals surface area contributed by atoms with Crippen LogP contribution >= 0.6 is 0 Å². The first-order chi connectivity index (χ1) is 9.08. The summed E-state index contributed by atoms with van der Waals surface area (Å²) < 4.78 is 0. The first-order valence-corrected chi connectivity index (χ1v) is 6.28. The number of nitrogens with zero attached hydrogens (tertiary/aromatic N) is 2. The van der Waals surface area contributed by atoms with Crippen LogP contribution in [-0.4, -0.2) is 39.6 Å². The lowest BCUT2D eigenvalue weighted by atomic mass is 10.2. The highest BCUT2D eigenvalue weighted by Gasteiger charge is 2.33. The molecular weight excluding hydrogens is 246 g/mol. The van der Waals surface area contributed by atoms with E-state index in [0.717, 1.165) is 17.8 Å². The van der Waals surface area contributed by atoms with Crippen LogP contribution in [0.25, 0.3) is 0 Å². The van der Waals surface area contributed by atoms with Crippen molar-refractivity contribution >= 4 is 12.0 Å². The van der Waals surface area contributed by atoms with Gasteiger partial charge in [-0.15, -0.1) is 0 Å². The number of nitrogens with one attached hydrogen (secondary N) is 1. The molecule has 1 fully saturated rings. The molecule has 2 heterocycles. The number of hydrogen-bond acceptors (Lipinski definition) is 3. The fourth-order valence-corrected chi connectivity index (χ4v) is 2.23.